The van der Waals surface area contributed by atoms with Crippen LogP contribution < -0.4 is 0 Å². The lowest BCUT2D eigenvalue weighted by Gasteiger charge is -2.08. The Hall–Kier alpha value is -2.19. The molecule has 1 aromatic heterocycles. The molecular weight excluding hydrogens is 365 g/mol. The van der Waals surface area contributed by atoms with Crippen molar-refractivity contribution in [2.24, 2.45) is 0 Å². The molecule has 0 amide bonds. The van der Waals surface area contributed by atoms with E-state index in [-0.39, 0.29) is 9.92 Å². The third-order valence-electron chi connectivity index (χ3n) is 3.25. The van der Waals surface area contributed by atoms with Crippen molar-refractivity contribution in [1.82, 2.24) is 9.97 Å². The van der Waals surface area contributed by atoms with Gasteiger partial charge in [-0.15, -0.1) is 0 Å². The molecule has 0 spiro atoms. The smallest absolute Gasteiger partial charge is 0.252 e. The summed E-state index contributed by atoms with van der Waals surface area (Å²) in [5.41, 5.74) is -0.207. The molecule has 124 valence electrons. The van der Waals surface area contributed by atoms with Gasteiger partial charge in [0.15, 0.2) is 5.03 Å². The minimum absolute atomic E-state index is 0.293. The van der Waals surface area contributed by atoms with Crippen LogP contribution in [0.1, 0.15) is 5.56 Å². The van der Waals surface area contributed by atoms with Gasteiger partial charge in [0, 0.05) is 5.02 Å². The second-order valence-electron chi connectivity index (χ2n) is 4.87. The molecule has 0 bridgehead atoms. The Labute approximate surface area is 139 Å². The zero-order valence-corrected chi connectivity index (χ0v) is 13.3. The van der Waals surface area contributed by atoms with E-state index in [0.717, 1.165) is 18.3 Å². The molecule has 3 rings (SSSR count). The highest BCUT2D eigenvalue weighted by atomic mass is 35.5. The van der Waals surface area contributed by atoms with Gasteiger partial charge in [-0.1, -0.05) is 11.6 Å². The van der Waals surface area contributed by atoms with Gasteiger partial charge < -0.3 is 0 Å². The van der Waals surface area contributed by atoms with Crippen molar-refractivity contribution in [3.8, 4) is 0 Å². The molecule has 0 aliphatic heterocycles. The van der Waals surface area contributed by atoms with Crippen LogP contribution in [-0.4, -0.2) is 18.4 Å². The summed E-state index contributed by atoms with van der Waals surface area (Å²) in [7, 11) is -4.08. The SMILES string of the molecule is O=S(=O)(c1ccc(C(F)(F)F)cc1)c1cnc2cc(Cl)ccc2n1. The minimum Gasteiger partial charge on any atom is -0.252 e. The number of hydrogen-bond acceptors (Lipinski definition) is 4. The first-order valence-electron chi connectivity index (χ1n) is 6.52. The average molecular weight is 373 g/mol. The predicted molar refractivity (Wildman–Crippen MR) is 81.4 cm³/mol. The van der Waals surface area contributed by atoms with Crippen LogP contribution in [0.3, 0.4) is 0 Å². The highest BCUT2D eigenvalue weighted by Crippen LogP contribution is 2.30. The molecule has 0 saturated heterocycles. The van der Waals surface area contributed by atoms with Crippen molar-refractivity contribution in [3.05, 3.63) is 59.2 Å². The van der Waals surface area contributed by atoms with Gasteiger partial charge >= 0.3 is 6.18 Å². The molecule has 2 aromatic carbocycles. The third-order valence-corrected chi connectivity index (χ3v) is 5.12. The summed E-state index contributed by atoms with van der Waals surface area (Å²) in [5.74, 6) is 0. The maximum Gasteiger partial charge on any atom is 0.416 e. The van der Waals surface area contributed by atoms with E-state index < -0.39 is 21.6 Å². The average Bonchev–Trinajstić information content (AvgIpc) is 2.53. The number of hydrogen-bond donors (Lipinski definition) is 0. The zero-order valence-electron chi connectivity index (χ0n) is 11.7. The Morgan fingerprint density at radius 3 is 2.25 bits per heavy atom. The van der Waals surface area contributed by atoms with Crippen LogP contribution in [0.25, 0.3) is 11.0 Å². The van der Waals surface area contributed by atoms with Crippen LogP contribution in [0.4, 0.5) is 13.2 Å². The van der Waals surface area contributed by atoms with E-state index in [9.17, 15) is 21.6 Å². The van der Waals surface area contributed by atoms with Crippen LogP contribution >= 0.6 is 11.6 Å². The lowest BCUT2D eigenvalue weighted by molar-refractivity contribution is -0.137. The molecule has 0 N–H and O–H groups in total. The van der Waals surface area contributed by atoms with E-state index in [2.05, 4.69) is 9.97 Å². The lowest BCUT2D eigenvalue weighted by Crippen LogP contribution is -2.08. The highest BCUT2D eigenvalue weighted by Gasteiger charge is 2.31. The lowest BCUT2D eigenvalue weighted by atomic mass is 10.2. The van der Waals surface area contributed by atoms with Crippen molar-refractivity contribution in [1.29, 1.82) is 0 Å². The predicted octanol–water partition coefficient (Wildman–Crippen LogP) is 4.13. The van der Waals surface area contributed by atoms with Gasteiger partial charge in [-0.2, -0.15) is 13.2 Å². The van der Waals surface area contributed by atoms with Crippen LogP contribution in [0, 0.1) is 0 Å². The summed E-state index contributed by atoms with van der Waals surface area (Å²) in [6.07, 6.45) is -3.49. The number of rotatable bonds is 2. The fraction of sp³-hybridized carbons (Fsp3) is 0.0667. The number of sulfone groups is 1. The molecule has 0 radical (unpaired) electrons. The second kappa shape index (κ2) is 5.71. The summed E-state index contributed by atoms with van der Waals surface area (Å²) >= 11 is 5.82. The number of nitrogens with zero attached hydrogens (tertiary/aromatic N) is 2. The van der Waals surface area contributed by atoms with Crippen molar-refractivity contribution in [3.63, 3.8) is 0 Å². The Bertz CT molecular complexity index is 1020. The molecule has 3 aromatic rings. The molecular formula is C15H8ClF3N2O2S. The van der Waals surface area contributed by atoms with E-state index in [1.165, 1.54) is 18.2 Å². The molecule has 0 atom stereocenters. The van der Waals surface area contributed by atoms with Crippen molar-refractivity contribution in [2.45, 2.75) is 16.1 Å². The topological polar surface area (TPSA) is 59.9 Å². The maximum absolute atomic E-state index is 12.6. The number of alkyl halides is 3. The summed E-state index contributed by atoms with van der Waals surface area (Å²) in [5, 5.41) is 0.0761. The summed E-state index contributed by atoms with van der Waals surface area (Å²) in [6, 6.07) is 7.78. The fourth-order valence-electron chi connectivity index (χ4n) is 2.04. The monoisotopic (exact) mass is 372 g/mol. The zero-order chi connectivity index (χ0) is 17.5. The second-order valence-corrected chi connectivity index (χ2v) is 7.20. The van der Waals surface area contributed by atoms with E-state index in [1.807, 2.05) is 0 Å². The third kappa shape index (κ3) is 3.07. The standard InChI is InChI=1S/C15H8ClF3N2O2S/c16-10-3-6-12-13(7-10)20-8-14(21-12)24(22,23)11-4-1-9(2-5-11)15(17,18)19/h1-8H. The number of benzene rings is 2. The molecule has 0 fully saturated rings. The quantitative estimate of drug-likeness (QED) is 0.678. The molecule has 0 aliphatic rings. The van der Waals surface area contributed by atoms with Crippen LogP contribution in [0.15, 0.2) is 58.6 Å². The maximum atomic E-state index is 12.6. The van der Waals surface area contributed by atoms with Crippen molar-refractivity contribution in [2.75, 3.05) is 0 Å². The van der Waals surface area contributed by atoms with Gasteiger partial charge in [-0.3, -0.25) is 4.98 Å². The largest absolute Gasteiger partial charge is 0.416 e. The van der Waals surface area contributed by atoms with Crippen LogP contribution in [-0.2, 0) is 16.0 Å². The first-order chi connectivity index (χ1) is 11.2. The van der Waals surface area contributed by atoms with E-state index >= 15 is 0 Å². The first kappa shape index (κ1) is 16.7. The molecule has 4 nitrogen and oxygen atoms in total. The molecule has 0 saturated carbocycles. The molecule has 1 heterocycles. The van der Waals surface area contributed by atoms with Crippen molar-refractivity contribution >= 4 is 32.5 Å². The Balaban J connectivity index is 2.05. The normalized spacial score (nSPS) is 12.5. The summed E-state index contributed by atoms with van der Waals surface area (Å²) in [6.45, 7) is 0. The van der Waals surface area contributed by atoms with Gasteiger partial charge in [-0.25, -0.2) is 13.4 Å². The minimum atomic E-state index is -4.54. The molecule has 24 heavy (non-hydrogen) atoms. The van der Waals surface area contributed by atoms with Gasteiger partial charge in [0.05, 0.1) is 27.7 Å². The number of halogens is 4. The molecule has 0 unspecified atom stereocenters. The Morgan fingerprint density at radius 1 is 0.958 bits per heavy atom. The van der Waals surface area contributed by atoms with Crippen molar-refractivity contribution < 1.29 is 21.6 Å². The van der Waals surface area contributed by atoms with Crippen LogP contribution in [0.5, 0.6) is 0 Å². The summed E-state index contributed by atoms with van der Waals surface area (Å²) in [4.78, 5) is 7.70. The molecule has 9 heteroatoms. The Morgan fingerprint density at radius 2 is 1.62 bits per heavy atom. The van der Waals surface area contributed by atoms with Gasteiger partial charge in [0.2, 0.25) is 9.84 Å². The highest BCUT2D eigenvalue weighted by molar-refractivity contribution is 7.91. The summed E-state index contributed by atoms with van der Waals surface area (Å²) < 4.78 is 62.7. The van der Waals surface area contributed by atoms with Gasteiger partial charge in [0.25, 0.3) is 0 Å². The first-order valence-corrected chi connectivity index (χ1v) is 8.39. The fourth-order valence-corrected chi connectivity index (χ4v) is 3.35. The van der Waals surface area contributed by atoms with E-state index in [1.54, 1.807) is 0 Å². The van der Waals surface area contributed by atoms with E-state index in [0.29, 0.717) is 28.2 Å². The van der Waals surface area contributed by atoms with Crippen LogP contribution in [0.2, 0.25) is 5.02 Å². The number of aromatic nitrogens is 2. The molecule has 0 aliphatic carbocycles. The Kier molecular flexibility index (Phi) is 3.97. The van der Waals surface area contributed by atoms with Gasteiger partial charge in [0.1, 0.15) is 0 Å². The van der Waals surface area contributed by atoms with E-state index in [4.69, 9.17) is 11.6 Å². The van der Waals surface area contributed by atoms with Gasteiger partial charge in [-0.05, 0) is 42.5 Å². The number of fused-ring (bicyclic) bond motifs is 1.